The first-order valence-corrected chi connectivity index (χ1v) is 11.4. The second-order valence-corrected chi connectivity index (χ2v) is 8.62. The quantitative estimate of drug-likeness (QED) is 0.658. The van der Waals surface area contributed by atoms with Gasteiger partial charge in [0.1, 0.15) is 5.49 Å². The van der Waals surface area contributed by atoms with Gasteiger partial charge in [-0.25, -0.2) is 14.4 Å². The highest BCUT2D eigenvalue weighted by Crippen LogP contribution is 2.25. The van der Waals surface area contributed by atoms with E-state index in [9.17, 15) is 9.18 Å². The number of fused-ring (bicyclic) bond motifs is 1. The van der Waals surface area contributed by atoms with Crippen LogP contribution in [0.1, 0.15) is 48.8 Å². The molecule has 3 aromatic heterocycles. The molecule has 0 bridgehead atoms. The smallest absolute Gasteiger partial charge is 0.229 e. The van der Waals surface area contributed by atoms with Crippen LogP contribution >= 0.6 is 0 Å². The molecule has 0 aromatic carbocycles. The number of carbonyl (C=O) groups excluding carboxylic acids is 1. The first kappa shape index (κ1) is 22.9. The van der Waals surface area contributed by atoms with Crippen LogP contribution in [0.15, 0.2) is 41.3 Å². The van der Waals surface area contributed by atoms with Crippen LogP contribution in [0.25, 0.3) is 11.3 Å². The Labute approximate surface area is 193 Å². The fraction of sp³-hybridized carbons (Fsp3) is 0.400. The lowest BCUT2D eigenvalue weighted by Crippen LogP contribution is -2.44. The summed E-state index contributed by atoms with van der Waals surface area (Å²) in [5.41, 5.74) is 5.81. The van der Waals surface area contributed by atoms with Gasteiger partial charge in [-0.2, -0.15) is 0 Å². The van der Waals surface area contributed by atoms with Crippen molar-refractivity contribution in [3.63, 3.8) is 0 Å². The third kappa shape index (κ3) is 4.61. The lowest BCUT2D eigenvalue weighted by Gasteiger charge is -2.30. The summed E-state index contributed by atoms with van der Waals surface area (Å²) in [5, 5.41) is 3.35. The summed E-state index contributed by atoms with van der Waals surface area (Å²) >= 11 is 0. The lowest BCUT2D eigenvalue weighted by atomic mass is 10.1. The van der Waals surface area contributed by atoms with Gasteiger partial charge in [-0.3, -0.25) is 9.36 Å². The van der Waals surface area contributed by atoms with Gasteiger partial charge < -0.3 is 14.6 Å². The van der Waals surface area contributed by atoms with E-state index in [-0.39, 0.29) is 5.91 Å². The van der Waals surface area contributed by atoms with E-state index in [1.165, 1.54) is 13.0 Å². The van der Waals surface area contributed by atoms with Gasteiger partial charge in [-0.1, -0.05) is 6.92 Å². The van der Waals surface area contributed by atoms with Crippen LogP contribution in [0.3, 0.4) is 0 Å². The second-order valence-electron chi connectivity index (χ2n) is 8.62. The molecule has 1 N–H and O–H groups in total. The molecule has 0 atom stereocenters. The molecule has 0 unspecified atom stereocenters. The van der Waals surface area contributed by atoms with Crippen molar-refractivity contribution in [2.45, 2.75) is 41.0 Å². The SMILES string of the molecule is CCC(C)=C(N=c1c(C)cc(N2CCNCC2)cn1C(C)=O)c1cc(F)c2nc(C)cn2c1. The van der Waals surface area contributed by atoms with E-state index in [1.54, 1.807) is 15.2 Å². The molecule has 7 nitrogen and oxygen atoms in total. The zero-order valence-corrected chi connectivity index (χ0v) is 19.9. The van der Waals surface area contributed by atoms with Gasteiger partial charge in [0.05, 0.1) is 17.1 Å². The number of carbonyl (C=O) groups is 1. The van der Waals surface area contributed by atoms with Gasteiger partial charge in [0.2, 0.25) is 5.91 Å². The summed E-state index contributed by atoms with van der Waals surface area (Å²) in [6.45, 7) is 13.0. The van der Waals surface area contributed by atoms with Crippen molar-refractivity contribution in [3.05, 3.63) is 64.4 Å². The second kappa shape index (κ2) is 9.31. The third-order valence-corrected chi connectivity index (χ3v) is 6.08. The summed E-state index contributed by atoms with van der Waals surface area (Å²) in [7, 11) is 0. The first-order chi connectivity index (χ1) is 15.8. The topological polar surface area (TPSA) is 66.9 Å². The molecule has 0 saturated carbocycles. The van der Waals surface area contributed by atoms with E-state index >= 15 is 0 Å². The number of hydrogen-bond acceptors (Lipinski definition) is 5. The van der Waals surface area contributed by atoms with Crippen molar-refractivity contribution in [2.24, 2.45) is 4.99 Å². The minimum atomic E-state index is -0.401. The van der Waals surface area contributed by atoms with Gasteiger partial charge in [0.15, 0.2) is 11.5 Å². The molecular formula is C25H31FN6O. The molecule has 0 aliphatic carbocycles. The number of nitrogens with zero attached hydrogens (tertiary/aromatic N) is 5. The number of anilines is 1. The Morgan fingerprint density at radius 3 is 2.55 bits per heavy atom. The van der Waals surface area contributed by atoms with Crippen molar-refractivity contribution in [1.29, 1.82) is 0 Å². The van der Waals surface area contributed by atoms with E-state index in [4.69, 9.17) is 4.99 Å². The third-order valence-electron chi connectivity index (χ3n) is 6.08. The van der Waals surface area contributed by atoms with Crippen LogP contribution in [-0.4, -0.2) is 46.0 Å². The molecule has 1 saturated heterocycles. The predicted octanol–water partition coefficient (Wildman–Crippen LogP) is 3.70. The van der Waals surface area contributed by atoms with Gasteiger partial charge in [0, 0.05) is 57.3 Å². The average Bonchev–Trinajstić information content (AvgIpc) is 3.18. The molecule has 0 amide bonds. The molecule has 1 aliphatic rings. The van der Waals surface area contributed by atoms with E-state index in [2.05, 4.69) is 21.3 Å². The van der Waals surface area contributed by atoms with Gasteiger partial charge in [0.25, 0.3) is 0 Å². The fourth-order valence-electron chi connectivity index (χ4n) is 4.17. The van der Waals surface area contributed by atoms with Crippen molar-refractivity contribution in [1.82, 2.24) is 19.3 Å². The Morgan fingerprint density at radius 2 is 1.88 bits per heavy atom. The minimum absolute atomic E-state index is 0.116. The maximum atomic E-state index is 14.9. The summed E-state index contributed by atoms with van der Waals surface area (Å²) in [6, 6.07) is 3.55. The molecule has 33 heavy (non-hydrogen) atoms. The van der Waals surface area contributed by atoms with E-state index in [1.807, 2.05) is 40.1 Å². The van der Waals surface area contributed by atoms with Gasteiger partial charge >= 0.3 is 0 Å². The number of nitrogens with one attached hydrogen (secondary N) is 1. The number of halogens is 1. The number of aromatic nitrogens is 3. The molecule has 3 aromatic rings. The molecule has 4 heterocycles. The number of aryl methyl sites for hydroxylation is 2. The van der Waals surface area contributed by atoms with E-state index < -0.39 is 5.82 Å². The minimum Gasteiger partial charge on any atom is -0.368 e. The highest BCUT2D eigenvalue weighted by Gasteiger charge is 2.16. The van der Waals surface area contributed by atoms with Crippen LogP contribution in [0.5, 0.6) is 0 Å². The van der Waals surface area contributed by atoms with Crippen LogP contribution in [0.2, 0.25) is 0 Å². The maximum absolute atomic E-state index is 14.9. The lowest BCUT2D eigenvalue weighted by molar-refractivity contribution is 0.0931. The number of pyridine rings is 2. The van der Waals surface area contributed by atoms with Crippen LogP contribution in [0, 0.1) is 19.7 Å². The Morgan fingerprint density at radius 1 is 1.15 bits per heavy atom. The van der Waals surface area contributed by atoms with Crippen molar-refractivity contribution < 1.29 is 9.18 Å². The highest BCUT2D eigenvalue weighted by molar-refractivity contribution is 5.77. The molecule has 1 fully saturated rings. The maximum Gasteiger partial charge on any atom is 0.229 e. The van der Waals surface area contributed by atoms with E-state index in [0.29, 0.717) is 22.4 Å². The van der Waals surface area contributed by atoms with Crippen LogP contribution < -0.4 is 15.7 Å². The zero-order valence-electron chi connectivity index (χ0n) is 19.9. The number of hydrogen-bond donors (Lipinski definition) is 1. The highest BCUT2D eigenvalue weighted by atomic mass is 19.1. The van der Waals surface area contributed by atoms with Gasteiger partial charge in [-0.05, 0) is 50.5 Å². The number of imidazole rings is 1. The fourth-order valence-corrected chi connectivity index (χ4v) is 4.17. The molecular weight excluding hydrogens is 419 g/mol. The first-order valence-electron chi connectivity index (χ1n) is 11.4. The molecule has 174 valence electrons. The standard InChI is InChI=1S/C25H31FN6O/c1-6-16(2)23(20-12-22(26)25-28-18(4)13-31(25)14-20)29-24-17(3)11-21(15-32(24)19(5)33)30-9-7-27-8-10-30/h11-15,27H,6-10H2,1-5H3. The van der Waals surface area contributed by atoms with E-state index in [0.717, 1.165) is 55.1 Å². The molecule has 8 heteroatoms. The Kier molecular flexibility index (Phi) is 6.47. The van der Waals surface area contributed by atoms with Gasteiger partial charge in [-0.15, -0.1) is 0 Å². The number of piperazine rings is 1. The van der Waals surface area contributed by atoms with Crippen molar-refractivity contribution in [3.8, 4) is 0 Å². The average molecular weight is 451 g/mol. The summed E-state index contributed by atoms with van der Waals surface area (Å²) in [5.74, 6) is -0.517. The van der Waals surface area contributed by atoms with Crippen LogP contribution in [0.4, 0.5) is 10.1 Å². The molecule has 0 spiro atoms. The number of allylic oxidation sites excluding steroid dienone is 1. The number of rotatable bonds is 4. The van der Waals surface area contributed by atoms with Crippen molar-refractivity contribution in [2.75, 3.05) is 31.1 Å². The Bertz CT molecular complexity index is 1310. The Balaban J connectivity index is 1.91. The monoisotopic (exact) mass is 450 g/mol. The largest absolute Gasteiger partial charge is 0.368 e. The van der Waals surface area contributed by atoms with Crippen molar-refractivity contribution >= 4 is 22.9 Å². The molecule has 4 rings (SSSR count). The molecule has 1 aliphatic heterocycles. The normalized spacial score (nSPS) is 15.8. The summed E-state index contributed by atoms with van der Waals surface area (Å²) < 4.78 is 18.1. The predicted molar refractivity (Wildman–Crippen MR) is 129 cm³/mol. The summed E-state index contributed by atoms with van der Waals surface area (Å²) in [4.78, 5) is 24.1. The zero-order chi connectivity index (χ0) is 23.7. The molecule has 0 radical (unpaired) electrons. The Hall–Kier alpha value is -3.26. The van der Waals surface area contributed by atoms with Crippen LogP contribution in [-0.2, 0) is 0 Å². The summed E-state index contributed by atoms with van der Waals surface area (Å²) in [6.07, 6.45) is 6.25.